The molecule has 1 amide bonds. The first kappa shape index (κ1) is 19.5. The van der Waals surface area contributed by atoms with E-state index in [2.05, 4.69) is 12.2 Å². The first-order chi connectivity index (χ1) is 13.9. The van der Waals surface area contributed by atoms with Crippen molar-refractivity contribution in [3.8, 4) is 5.75 Å². The second kappa shape index (κ2) is 7.91. The molecule has 0 saturated carbocycles. The molecule has 4 rings (SSSR count). The molecule has 5 nitrogen and oxygen atoms in total. The van der Waals surface area contributed by atoms with Gasteiger partial charge >= 0.3 is 0 Å². The molecule has 0 unspecified atom stereocenters. The van der Waals surface area contributed by atoms with Crippen LogP contribution in [0.15, 0.2) is 40.8 Å². The van der Waals surface area contributed by atoms with E-state index in [1.807, 2.05) is 38.1 Å². The highest BCUT2D eigenvalue weighted by Gasteiger charge is 2.27. The van der Waals surface area contributed by atoms with E-state index in [1.165, 1.54) is 17.7 Å². The average Bonchev–Trinajstić information content (AvgIpc) is 3.04. The molecule has 1 aliphatic heterocycles. The van der Waals surface area contributed by atoms with Gasteiger partial charge in [0.1, 0.15) is 23.6 Å². The molecule has 1 saturated heterocycles. The van der Waals surface area contributed by atoms with Crippen molar-refractivity contribution in [2.24, 2.45) is 5.92 Å². The van der Waals surface area contributed by atoms with Gasteiger partial charge in [0.15, 0.2) is 0 Å². The van der Waals surface area contributed by atoms with Crippen LogP contribution < -0.4 is 10.2 Å². The number of carbonyl (C=O) groups excluding carboxylic acids is 1. The summed E-state index contributed by atoms with van der Waals surface area (Å²) < 4.78 is 5.91. The number of likely N-dealkylation sites (tertiary alicyclic amines) is 1. The van der Waals surface area contributed by atoms with Crippen molar-refractivity contribution in [1.82, 2.24) is 0 Å². The number of fused-ring (bicyclic) bond motifs is 1. The number of anilines is 1. The smallest absolute Gasteiger partial charge is 0.259 e. The molecule has 3 N–H and O–H groups in total. The van der Waals surface area contributed by atoms with Crippen molar-refractivity contribution >= 4 is 22.6 Å². The second-order valence-electron chi connectivity index (χ2n) is 8.35. The lowest BCUT2D eigenvalue weighted by Gasteiger charge is -2.27. The molecule has 3 aromatic rings. The number of aryl methyl sites for hydroxylation is 2. The number of para-hydroxylation sites is 1. The number of phenols is 1. The zero-order valence-corrected chi connectivity index (χ0v) is 17.3. The molecule has 2 aromatic carbocycles. The highest BCUT2D eigenvalue weighted by atomic mass is 16.3. The highest BCUT2D eigenvalue weighted by molar-refractivity contribution is 6.14. The molecule has 0 spiro atoms. The summed E-state index contributed by atoms with van der Waals surface area (Å²) in [4.78, 5) is 14.6. The van der Waals surface area contributed by atoms with E-state index in [1.54, 1.807) is 12.1 Å². The van der Waals surface area contributed by atoms with Gasteiger partial charge in [-0.25, -0.2) is 0 Å². The summed E-state index contributed by atoms with van der Waals surface area (Å²) in [6.45, 7) is 8.93. The van der Waals surface area contributed by atoms with Gasteiger partial charge in [-0.1, -0.05) is 25.1 Å². The summed E-state index contributed by atoms with van der Waals surface area (Å²) in [6, 6.07) is 11.1. The summed E-state index contributed by atoms with van der Waals surface area (Å²) in [5.41, 5.74) is 3.75. The van der Waals surface area contributed by atoms with Crippen LogP contribution in [-0.2, 0) is 6.54 Å². The third-order valence-electron chi connectivity index (χ3n) is 6.14. The maximum absolute atomic E-state index is 13.2. The molecule has 152 valence electrons. The summed E-state index contributed by atoms with van der Waals surface area (Å²) in [6.07, 6.45) is 2.38. The fraction of sp³-hybridized carbons (Fsp3) is 0.375. The number of piperidine rings is 1. The van der Waals surface area contributed by atoms with Crippen molar-refractivity contribution < 1.29 is 19.2 Å². The minimum Gasteiger partial charge on any atom is -0.507 e. The van der Waals surface area contributed by atoms with E-state index >= 15 is 0 Å². The molecule has 1 aromatic heterocycles. The van der Waals surface area contributed by atoms with Gasteiger partial charge in [-0.2, -0.15) is 0 Å². The van der Waals surface area contributed by atoms with Crippen molar-refractivity contribution in [2.75, 3.05) is 18.4 Å². The van der Waals surface area contributed by atoms with Crippen molar-refractivity contribution in [3.05, 3.63) is 58.8 Å². The molecule has 0 atom stereocenters. The van der Waals surface area contributed by atoms with E-state index in [9.17, 15) is 9.90 Å². The van der Waals surface area contributed by atoms with E-state index in [-0.39, 0.29) is 11.7 Å². The van der Waals surface area contributed by atoms with Gasteiger partial charge < -0.3 is 19.7 Å². The number of quaternary nitrogens is 1. The third-order valence-corrected chi connectivity index (χ3v) is 6.14. The monoisotopic (exact) mass is 393 g/mol. The maximum atomic E-state index is 13.2. The number of hydrogen-bond donors (Lipinski definition) is 3. The molecule has 29 heavy (non-hydrogen) atoms. The number of aromatic hydroxyl groups is 1. The maximum Gasteiger partial charge on any atom is 0.259 e. The lowest BCUT2D eigenvalue weighted by molar-refractivity contribution is -0.919. The highest BCUT2D eigenvalue weighted by Crippen LogP contribution is 2.34. The number of amides is 1. The predicted octanol–water partition coefficient (Wildman–Crippen LogP) is 3.82. The van der Waals surface area contributed by atoms with Gasteiger partial charge in [-0.05, 0) is 56.4 Å². The minimum absolute atomic E-state index is 0.204. The topological polar surface area (TPSA) is 66.9 Å². The van der Waals surface area contributed by atoms with Crippen LogP contribution in [0.2, 0.25) is 0 Å². The number of hydrogen-bond acceptors (Lipinski definition) is 3. The number of nitrogens with one attached hydrogen (secondary N) is 2. The van der Waals surface area contributed by atoms with E-state index < -0.39 is 0 Å². The van der Waals surface area contributed by atoms with Crippen LogP contribution in [0.3, 0.4) is 0 Å². The molecular weight excluding hydrogens is 364 g/mol. The first-order valence-electron chi connectivity index (χ1n) is 10.4. The Morgan fingerprint density at radius 2 is 1.90 bits per heavy atom. The van der Waals surface area contributed by atoms with E-state index in [0.29, 0.717) is 23.5 Å². The Hall–Kier alpha value is -2.79. The summed E-state index contributed by atoms with van der Waals surface area (Å²) in [5, 5.41) is 14.4. The Kier molecular flexibility index (Phi) is 5.33. The van der Waals surface area contributed by atoms with Gasteiger partial charge in [-0.15, -0.1) is 0 Å². The van der Waals surface area contributed by atoms with Crippen LogP contribution in [0.25, 0.3) is 11.0 Å². The summed E-state index contributed by atoms with van der Waals surface area (Å²) >= 11 is 0. The lowest BCUT2D eigenvalue weighted by atomic mass is 9.97. The third kappa shape index (κ3) is 3.87. The predicted molar refractivity (Wildman–Crippen MR) is 115 cm³/mol. The Labute approximate surface area is 171 Å². The van der Waals surface area contributed by atoms with Gasteiger partial charge in [0.2, 0.25) is 0 Å². The van der Waals surface area contributed by atoms with Crippen LogP contribution >= 0.6 is 0 Å². The molecule has 2 heterocycles. The van der Waals surface area contributed by atoms with Gasteiger partial charge in [0, 0.05) is 11.1 Å². The van der Waals surface area contributed by atoms with Crippen LogP contribution in [-0.4, -0.2) is 24.1 Å². The van der Waals surface area contributed by atoms with Gasteiger partial charge in [0.05, 0.1) is 24.2 Å². The van der Waals surface area contributed by atoms with Crippen LogP contribution in [0.5, 0.6) is 5.75 Å². The zero-order chi connectivity index (χ0) is 20.5. The number of rotatable bonds is 4. The fourth-order valence-electron chi connectivity index (χ4n) is 4.31. The number of phenolic OH excluding ortho intramolecular Hbond substituents is 1. The molecule has 0 aliphatic carbocycles. The van der Waals surface area contributed by atoms with Gasteiger partial charge in [-0.3, -0.25) is 4.79 Å². The Morgan fingerprint density at radius 1 is 1.17 bits per heavy atom. The quantitative estimate of drug-likeness (QED) is 0.631. The van der Waals surface area contributed by atoms with Crippen LogP contribution in [0.4, 0.5) is 5.69 Å². The largest absolute Gasteiger partial charge is 0.507 e. The lowest BCUT2D eigenvalue weighted by Crippen LogP contribution is -3.11. The molecule has 1 aliphatic rings. The molecule has 5 heteroatoms. The normalized spacial score (nSPS) is 19.4. The molecule has 1 fully saturated rings. The Morgan fingerprint density at radius 3 is 2.62 bits per heavy atom. The summed E-state index contributed by atoms with van der Waals surface area (Å²) in [5.74, 6) is 1.36. The van der Waals surface area contributed by atoms with Crippen LogP contribution in [0.1, 0.15) is 47.0 Å². The minimum atomic E-state index is -0.204. The first-order valence-corrected chi connectivity index (χ1v) is 10.4. The Balaban J connectivity index is 1.72. The van der Waals surface area contributed by atoms with Crippen molar-refractivity contribution in [2.45, 2.75) is 40.2 Å². The number of benzene rings is 2. The molecule has 0 bridgehead atoms. The second-order valence-corrected chi connectivity index (χ2v) is 8.35. The standard InChI is InChI=1S/C24H28N2O3/c1-15-10-12-26(13-11-15)14-18-20(27)8-9-21-23(18)22(17(3)29-21)24(28)25-19-7-5-4-6-16(19)2/h4-9,15,27H,10-14H2,1-3H3,(H,25,28)/p+1. The number of furan rings is 1. The molecule has 0 radical (unpaired) electrons. The summed E-state index contributed by atoms with van der Waals surface area (Å²) in [7, 11) is 0. The van der Waals surface area contributed by atoms with Crippen LogP contribution in [0, 0.1) is 19.8 Å². The van der Waals surface area contributed by atoms with E-state index in [4.69, 9.17) is 4.42 Å². The molecular formula is C24H29N2O3+. The Bertz CT molecular complexity index is 1050. The van der Waals surface area contributed by atoms with E-state index in [0.717, 1.165) is 41.2 Å². The van der Waals surface area contributed by atoms with Crippen molar-refractivity contribution in [3.63, 3.8) is 0 Å². The SMILES string of the molecule is Cc1ccccc1NC(=O)c1c(C)oc2ccc(O)c(C[NH+]3CCC(C)CC3)c12. The van der Waals surface area contributed by atoms with Gasteiger partial charge in [0.25, 0.3) is 5.91 Å². The fourth-order valence-corrected chi connectivity index (χ4v) is 4.31. The zero-order valence-electron chi connectivity index (χ0n) is 17.3. The number of carbonyl (C=O) groups is 1. The van der Waals surface area contributed by atoms with Crippen molar-refractivity contribution in [1.29, 1.82) is 0 Å². The average molecular weight is 394 g/mol.